The van der Waals surface area contributed by atoms with E-state index in [1.165, 1.54) is 11.3 Å². The third-order valence-electron chi connectivity index (χ3n) is 3.16. The van der Waals surface area contributed by atoms with Gasteiger partial charge < -0.3 is 0 Å². The van der Waals surface area contributed by atoms with Gasteiger partial charge in [-0.1, -0.05) is 54.6 Å². The molecule has 0 fully saturated rings. The van der Waals surface area contributed by atoms with E-state index < -0.39 is 0 Å². The second-order valence-electron chi connectivity index (χ2n) is 4.51. The highest BCUT2D eigenvalue weighted by Crippen LogP contribution is 2.33. The molecule has 0 radical (unpaired) electrons. The second-order valence-corrected chi connectivity index (χ2v) is 8.26. The number of thiophene rings is 1. The van der Waals surface area contributed by atoms with Crippen molar-refractivity contribution in [3.8, 4) is 11.1 Å². The van der Waals surface area contributed by atoms with Crippen molar-refractivity contribution in [2.24, 2.45) is 0 Å². The van der Waals surface area contributed by atoms with Crippen molar-refractivity contribution in [1.29, 1.82) is 0 Å². The molecule has 0 atom stereocenters. The fourth-order valence-electron chi connectivity index (χ4n) is 2.10. The monoisotopic (exact) mass is 420 g/mol. The third kappa shape index (κ3) is 3.18. The average molecular weight is 422 g/mol. The van der Waals surface area contributed by atoms with Gasteiger partial charge in [0.25, 0.3) is 0 Å². The van der Waals surface area contributed by atoms with Crippen molar-refractivity contribution in [1.82, 2.24) is 0 Å². The van der Waals surface area contributed by atoms with Crippen molar-refractivity contribution in [2.45, 2.75) is 0 Å². The molecule has 2 aromatic carbocycles. The van der Waals surface area contributed by atoms with Gasteiger partial charge in [-0.3, -0.25) is 4.79 Å². The molecule has 1 heterocycles. The predicted molar refractivity (Wildman–Crippen MR) is 95.0 cm³/mol. The molecular formula is C17H10Br2OS. The Morgan fingerprint density at radius 2 is 1.48 bits per heavy atom. The van der Waals surface area contributed by atoms with Crippen LogP contribution in [0.15, 0.2) is 68.2 Å². The first-order chi connectivity index (χ1) is 10.1. The third-order valence-corrected chi connectivity index (χ3v) is 5.49. The van der Waals surface area contributed by atoms with Gasteiger partial charge in [0.1, 0.15) is 0 Å². The minimum absolute atomic E-state index is 0.0310. The lowest BCUT2D eigenvalue weighted by Gasteiger charge is -2.04. The van der Waals surface area contributed by atoms with Gasteiger partial charge in [0.05, 0.1) is 7.57 Å². The van der Waals surface area contributed by atoms with Crippen LogP contribution >= 0.6 is 43.2 Å². The fourth-order valence-corrected chi connectivity index (χ4v) is 4.89. The van der Waals surface area contributed by atoms with Gasteiger partial charge in [-0.15, -0.1) is 11.3 Å². The van der Waals surface area contributed by atoms with E-state index in [4.69, 9.17) is 0 Å². The van der Waals surface area contributed by atoms with Crippen LogP contribution < -0.4 is 0 Å². The largest absolute Gasteiger partial charge is 0.289 e. The Morgan fingerprint density at radius 1 is 0.857 bits per heavy atom. The van der Waals surface area contributed by atoms with Crippen LogP contribution in [0.4, 0.5) is 0 Å². The highest BCUT2D eigenvalue weighted by atomic mass is 79.9. The van der Waals surface area contributed by atoms with E-state index in [1.54, 1.807) is 0 Å². The molecule has 0 aliphatic carbocycles. The number of hydrogen-bond acceptors (Lipinski definition) is 2. The molecule has 3 aromatic rings. The molecule has 0 saturated carbocycles. The molecule has 0 spiro atoms. The maximum absolute atomic E-state index is 12.5. The first kappa shape index (κ1) is 14.7. The molecule has 0 aliphatic heterocycles. The van der Waals surface area contributed by atoms with Crippen molar-refractivity contribution in [2.75, 3.05) is 0 Å². The maximum atomic E-state index is 12.5. The lowest BCUT2D eigenvalue weighted by molar-refractivity contribution is 0.103. The quantitative estimate of drug-likeness (QED) is 0.462. The number of carbonyl (C=O) groups is 1. The lowest BCUT2D eigenvalue weighted by atomic mass is 10.0. The van der Waals surface area contributed by atoms with Crippen molar-refractivity contribution < 1.29 is 4.79 Å². The van der Waals surface area contributed by atoms with E-state index in [1.807, 2.05) is 48.5 Å². The summed E-state index contributed by atoms with van der Waals surface area (Å²) < 4.78 is 1.80. The summed E-state index contributed by atoms with van der Waals surface area (Å²) in [7, 11) is 0. The Balaban J connectivity index is 1.91. The number of ketones is 1. The van der Waals surface area contributed by atoms with Gasteiger partial charge in [0, 0.05) is 11.1 Å². The zero-order chi connectivity index (χ0) is 14.8. The normalized spacial score (nSPS) is 10.6. The van der Waals surface area contributed by atoms with Gasteiger partial charge in [-0.05, 0) is 49.1 Å². The smallest absolute Gasteiger partial charge is 0.195 e. The summed E-state index contributed by atoms with van der Waals surface area (Å²) in [6.07, 6.45) is 0. The highest BCUT2D eigenvalue weighted by Gasteiger charge is 2.15. The Kier molecular flexibility index (Phi) is 4.38. The van der Waals surface area contributed by atoms with Crippen LogP contribution in [-0.2, 0) is 0 Å². The number of halogens is 2. The van der Waals surface area contributed by atoms with E-state index in [0.29, 0.717) is 11.1 Å². The topological polar surface area (TPSA) is 17.1 Å². The van der Waals surface area contributed by atoms with Crippen molar-refractivity contribution in [3.63, 3.8) is 0 Å². The zero-order valence-corrected chi connectivity index (χ0v) is 14.8. The van der Waals surface area contributed by atoms with Crippen LogP contribution in [0.3, 0.4) is 0 Å². The van der Waals surface area contributed by atoms with Gasteiger partial charge in [0.15, 0.2) is 5.78 Å². The minimum Gasteiger partial charge on any atom is -0.289 e. The summed E-state index contributed by atoms with van der Waals surface area (Å²) in [6.45, 7) is 0. The zero-order valence-electron chi connectivity index (χ0n) is 10.8. The summed E-state index contributed by atoms with van der Waals surface area (Å²) in [5.74, 6) is 0.0310. The number of carbonyl (C=O) groups excluding carboxylic acids is 1. The molecule has 0 saturated heterocycles. The Hall–Kier alpha value is -1.23. The van der Waals surface area contributed by atoms with Gasteiger partial charge in [-0.2, -0.15) is 0 Å². The van der Waals surface area contributed by atoms with Crippen molar-refractivity contribution in [3.05, 3.63) is 79.4 Å². The maximum Gasteiger partial charge on any atom is 0.195 e. The molecule has 0 N–H and O–H groups in total. The molecule has 1 aromatic heterocycles. The lowest BCUT2D eigenvalue weighted by Crippen LogP contribution is -2.00. The summed E-state index contributed by atoms with van der Waals surface area (Å²) in [6, 6.07) is 19.7. The summed E-state index contributed by atoms with van der Waals surface area (Å²) in [5.41, 5.74) is 3.65. The fraction of sp³-hybridized carbons (Fsp3) is 0. The van der Waals surface area contributed by atoms with Gasteiger partial charge >= 0.3 is 0 Å². The van der Waals surface area contributed by atoms with Crippen LogP contribution in [0.5, 0.6) is 0 Å². The number of hydrogen-bond donors (Lipinski definition) is 0. The molecule has 0 unspecified atom stereocenters. The van der Waals surface area contributed by atoms with E-state index in [2.05, 4.69) is 44.0 Å². The van der Waals surface area contributed by atoms with E-state index in [-0.39, 0.29) is 5.78 Å². The van der Waals surface area contributed by atoms with Crippen LogP contribution in [0.2, 0.25) is 0 Å². The Bertz CT molecular complexity index is 776. The summed E-state index contributed by atoms with van der Waals surface area (Å²) in [5, 5.41) is 0. The Labute approximate surface area is 143 Å². The first-order valence-corrected chi connectivity index (χ1v) is 8.70. The standard InChI is InChI=1S/C17H10Br2OS/c18-15-10-14(17(19)21-15)16(20)13-8-6-12(7-9-13)11-4-2-1-3-5-11/h1-10H. The molecule has 104 valence electrons. The van der Waals surface area contributed by atoms with Crippen LogP contribution in [-0.4, -0.2) is 5.78 Å². The number of benzene rings is 2. The number of rotatable bonds is 3. The molecule has 0 aliphatic rings. The molecule has 1 nitrogen and oxygen atoms in total. The molecule has 0 bridgehead atoms. The summed E-state index contributed by atoms with van der Waals surface area (Å²) >= 11 is 8.34. The van der Waals surface area contributed by atoms with E-state index in [9.17, 15) is 4.79 Å². The first-order valence-electron chi connectivity index (χ1n) is 6.30. The van der Waals surface area contributed by atoms with Crippen LogP contribution in [0, 0.1) is 0 Å². The second kappa shape index (κ2) is 6.26. The molecule has 0 amide bonds. The highest BCUT2D eigenvalue weighted by molar-refractivity contribution is 9.12. The van der Waals surface area contributed by atoms with Crippen molar-refractivity contribution >= 4 is 49.0 Å². The summed E-state index contributed by atoms with van der Waals surface area (Å²) in [4.78, 5) is 12.5. The molecule has 21 heavy (non-hydrogen) atoms. The van der Waals surface area contributed by atoms with E-state index >= 15 is 0 Å². The van der Waals surface area contributed by atoms with Gasteiger partial charge in [-0.25, -0.2) is 0 Å². The molecule has 4 heteroatoms. The molecule has 3 rings (SSSR count). The SMILES string of the molecule is O=C(c1ccc(-c2ccccc2)cc1)c1cc(Br)sc1Br. The predicted octanol–water partition coefficient (Wildman–Crippen LogP) is 6.17. The van der Waals surface area contributed by atoms with Gasteiger partial charge in [0.2, 0.25) is 0 Å². The Morgan fingerprint density at radius 3 is 2.05 bits per heavy atom. The average Bonchev–Trinajstić information content (AvgIpc) is 2.86. The van der Waals surface area contributed by atoms with Crippen LogP contribution in [0.1, 0.15) is 15.9 Å². The van der Waals surface area contributed by atoms with E-state index in [0.717, 1.165) is 18.7 Å². The van der Waals surface area contributed by atoms with Crippen LogP contribution in [0.25, 0.3) is 11.1 Å². The molecular weight excluding hydrogens is 412 g/mol. The minimum atomic E-state index is 0.0310.